The van der Waals surface area contributed by atoms with Gasteiger partial charge >= 0.3 is 0 Å². The summed E-state index contributed by atoms with van der Waals surface area (Å²) in [5.74, 6) is 1.48. The van der Waals surface area contributed by atoms with E-state index in [9.17, 15) is 10.1 Å². The highest BCUT2D eigenvalue weighted by molar-refractivity contribution is 5.73. The van der Waals surface area contributed by atoms with E-state index in [-0.39, 0.29) is 16.0 Å². The van der Waals surface area contributed by atoms with E-state index in [1.807, 2.05) is 12.1 Å². The zero-order valence-electron chi connectivity index (χ0n) is 17.3. The Morgan fingerprint density at radius 1 is 1.21 bits per heavy atom. The van der Waals surface area contributed by atoms with E-state index in [4.69, 9.17) is 9.47 Å². The average molecular weight is 394 g/mol. The van der Waals surface area contributed by atoms with E-state index in [1.165, 1.54) is 11.6 Å². The van der Waals surface area contributed by atoms with Crippen LogP contribution in [0.25, 0.3) is 6.08 Å². The Kier molecular flexibility index (Phi) is 4.52. The molecule has 152 valence electrons. The van der Waals surface area contributed by atoms with Crippen molar-refractivity contribution >= 4 is 17.5 Å². The Balaban J connectivity index is 1.84. The molecule has 0 radical (unpaired) electrons. The second kappa shape index (κ2) is 6.79. The van der Waals surface area contributed by atoms with Gasteiger partial charge in [0.1, 0.15) is 11.5 Å². The second-order valence-electron chi connectivity index (χ2n) is 8.12. The number of benzene rings is 2. The topological polar surface area (TPSA) is 64.8 Å². The van der Waals surface area contributed by atoms with Crippen LogP contribution in [0.4, 0.5) is 11.4 Å². The van der Waals surface area contributed by atoms with E-state index in [2.05, 4.69) is 43.9 Å². The molecule has 0 amide bonds. The molecule has 1 atom stereocenters. The third kappa shape index (κ3) is 2.77. The van der Waals surface area contributed by atoms with Crippen LogP contribution in [0.5, 0.6) is 11.5 Å². The monoisotopic (exact) mass is 394 g/mol. The lowest BCUT2D eigenvalue weighted by Gasteiger charge is -2.47. The first-order valence-corrected chi connectivity index (χ1v) is 9.97. The highest BCUT2D eigenvalue weighted by Gasteiger charge is 2.58. The second-order valence-corrected chi connectivity index (χ2v) is 8.12. The van der Waals surface area contributed by atoms with Gasteiger partial charge in [0.25, 0.3) is 5.69 Å². The molecule has 4 rings (SSSR count). The van der Waals surface area contributed by atoms with Crippen LogP contribution in [0.3, 0.4) is 0 Å². The van der Waals surface area contributed by atoms with Gasteiger partial charge in [-0.3, -0.25) is 10.1 Å². The van der Waals surface area contributed by atoms with E-state index < -0.39 is 5.72 Å². The van der Waals surface area contributed by atoms with Crippen LogP contribution < -0.4 is 14.4 Å². The molecule has 1 unspecified atom stereocenters. The van der Waals surface area contributed by atoms with Crippen LogP contribution in [-0.4, -0.2) is 24.3 Å². The van der Waals surface area contributed by atoms with Gasteiger partial charge in [-0.15, -0.1) is 0 Å². The molecule has 2 aromatic rings. The summed E-state index contributed by atoms with van der Waals surface area (Å²) in [7, 11) is 1.68. The van der Waals surface area contributed by atoms with E-state index in [1.54, 1.807) is 19.2 Å². The Morgan fingerprint density at radius 3 is 2.69 bits per heavy atom. The molecule has 2 heterocycles. The van der Waals surface area contributed by atoms with Crippen molar-refractivity contribution in [2.75, 3.05) is 18.6 Å². The summed E-state index contributed by atoms with van der Waals surface area (Å²) in [6, 6.07) is 10.9. The number of anilines is 1. The lowest BCUT2D eigenvalue weighted by molar-refractivity contribution is -0.384. The van der Waals surface area contributed by atoms with Crippen LogP contribution >= 0.6 is 0 Å². The highest BCUT2D eigenvalue weighted by Crippen LogP contribution is 2.55. The van der Waals surface area contributed by atoms with E-state index in [0.29, 0.717) is 5.75 Å². The number of fused-ring (bicyclic) bond motifs is 2. The maximum atomic E-state index is 11.1. The Hall–Kier alpha value is -3.02. The molecule has 0 fully saturated rings. The van der Waals surface area contributed by atoms with Crippen molar-refractivity contribution in [3.63, 3.8) is 0 Å². The number of nitrogens with zero attached hydrogens (tertiary/aromatic N) is 2. The standard InChI is InChI=1S/C23H26N2O4/c1-5-6-13-24-20-9-8-18(28-4)15-19(20)22(2,3)23(24)12-11-16-14-17(25(26)27)7-10-21(16)29-23/h7-12,14-15H,5-6,13H2,1-4H3. The number of nitro groups is 1. The number of rotatable bonds is 5. The third-order valence-electron chi connectivity index (χ3n) is 6.16. The molecule has 0 bridgehead atoms. The number of non-ortho nitro benzene ring substituents is 1. The van der Waals surface area contributed by atoms with Gasteiger partial charge in [0.05, 0.1) is 17.4 Å². The number of unbranched alkanes of at least 4 members (excludes halogenated alkanes) is 1. The van der Waals surface area contributed by atoms with Gasteiger partial charge in [-0.25, -0.2) is 0 Å². The lowest BCUT2D eigenvalue weighted by Crippen LogP contribution is -2.59. The highest BCUT2D eigenvalue weighted by atomic mass is 16.6. The summed E-state index contributed by atoms with van der Waals surface area (Å²) < 4.78 is 12.1. The Bertz CT molecular complexity index is 998. The number of ether oxygens (including phenoxy) is 2. The van der Waals surface area contributed by atoms with Gasteiger partial charge in [-0.2, -0.15) is 0 Å². The molecule has 1 spiro atoms. The molecule has 0 aromatic heterocycles. The molecule has 0 N–H and O–H groups in total. The zero-order chi connectivity index (χ0) is 20.8. The van der Waals surface area contributed by atoms with Crippen LogP contribution in [-0.2, 0) is 5.41 Å². The molecule has 0 saturated carbocycles. The first-order valence-electron chi connectivity index (χ1n) is 9.97. The van der Waals surface area contributed by atoms with Crippen molar-refractivity contribution in [2.45, 2.75) is 44.8 Å². The summed E-state index contributed by atoms with van der Waals surface area (Å²) in [6.07, 6.45) is 6.12. The smallest absolute Gasteiger partial charge is 0.270 e. The van der Waals surface area contributed by atoms with Crippen LogP contribution in [0, 0.1) is 10.1 Å². The van der Waals surface area contributed by atoms with E-state index in [0.717, 1.165) is 36.4 Å². The molecule has 6 heteroatoms. The first-order chi connectivity index (χ1) is 13.8. The van der Waals surface area contributed by atoms with Gasteiger partial charge < -0.3 is 14.4 Å². The molecule has 0 saturated heterocycles. The molecule has 6 nitrogen and oxygen atoms in total. The summed E-state index contributed by atoms with van der Waals surface area (Å²) in [6.45, 7) is 7.39. The lowest BCUT2D eigenvalue weighted by atomic mass is 9.76. The van der Waals surface area contributed by atoms with Crippen LogP contribution in [0.2, 0.25) is 0 Å². The summed E-state index contributed by atoms with van der Waals surface area (Å²) in [5.41, 5.74) is 2.03. The number of hydrogen-bond acceptors (Lipinski definition) is 5. The summed E-state index contributed by atoms with van der Waals surface area (Å²) in [5, 5.41) is 11.1. The summed E-state index contributed by atoms with van der Waals surface area (Å²) in [4.78, 5) is 13.1. The SMILES string of the molecule is CCCCN1c2ccc(OC)cc2C(C)(C)C12C=Cc1cc([N+](=O)[O-])ccc1O2. The number of methoxy groups -OCH3 is 1. The fourth-order valence-electron chi connectivity index (χ4n) is 4.45. The van der Waals surface area contributed by atoms with Crippen molar-refractivity contribution in [3.05, 3.63) is 63.7 Å². The molecule has 2 aliphatic heterocycles. The molecule has 2 aliphatic rings. The molecular weight excluding hydrogens is 368 g/mol. The van der Waals surface area contributed by atoms with Gasteiger partial charge in [-0.1, -0.05) is 13.3 Å². The van der Waals surface area contributed by atoms with Crippen LogP contribution in [0.15, 0.2) is 42.5 Å². The normalized spacial score (nSPS) is 20.9. The van der Waals surface area contributed by atoms with Crippen LogP contribution in [0.1, 0.15) is 44.7 Å². The van der Waals surface area contributed by atoms with Gasteiger partial charge in [0, 0.05) is 29.9 Å². The molecule has 0 aliphatic carbocycles. The molecule has 2 aromatic carbocycles. The fraction of sp³-hybridized carbons (Fsp3) is 0.391. The maximum absolute atomic E-state index is 11.1. The Morgan fingerprint density at radius 2 is 2.00 bits per heavy atom. The number of nitro benzene ring substituents is 1. The van der Waals surface area contributed by atoms with Crippen molar-refractivity contribution < 1.29 is 14.4 Å². The fourth-order valence-corrected chi connectivity index (χ4v) is 4.45. The van der Waals surface area contributed by atoms with Crippen molar-refractivity contribution in [2.24, 2.45) is 0 Å². The maximum Gasteiger partial charge on any atom is 0.270 e. The van der Waals surface area contributed by atoms with Crippen molar-refractivity contribution in [3.8, 4) is 11.5 Å². The average Bonchev–Trinajstić information content (AvgIpc) is 2.89. The first kappa shape index (κ1) is 19.3. The quantitative estimate of drug-likeness (QED) is 0.508. The van der Waals surface area contributed by atoms with E-state index >= 15 is 0 Å². The van der Waals surface area contributed by atoms with Gasteiger partial charge in [0.15, 0.2) is 0 Å². The molecular formula is C23H26N2O4. The minimum atomic E-state index is -0.708. The Labute approximate surface area is 170 Å². The largest absolute Gasteiger partial charge is 0.497 e. The predicted octanol–water partition coefficient (Wildman–Crippen LogP) is 5.30. The minimum Gasteiger partial charge on any atom is -0.497 e. The van der Waals surface area contributed by atoms with Crippen molar-refractivity contribution in [1.82, 2.24) is 0 Å². The van der Waals surface area contributed by atoms with Gasteiger partial charge in [-0.05, 0) is 62.2 Å². The summed E-state index contributed by atoms with van der Waals surface area (Å²) >= 11 is 0. The third-order valence-corrected chi connectivity index (χ3v) is 6.16. The molecule has 29 heavy (non-hydrogen) atoms. The minimum absolute atomic E-state index is 0.0643. The van der Waals surface area contributed by atoms with Crippen molar-refractivity contribution in [1.29, 1.82) is 0 Å². The number of hydrogen-bond donors (Lipinski definition) is 0. The van der Waals surface area contributed by atoms with Gasteiger partial charge in [0.2, 0.25) is 5.72 Å². The zero-order valence-corrected chi connectivity index (χ0v) is 17.3. The predicted molar refractivity (Wildman–Crippen MR) is 114 cm³/mol.